The predicted molar refractivity (Wildman–Crippen MR) is 90.4 cm³/mol. The lowest BCUT2D eigenvalue weighted by Gasteiger charge is -2.32. The Labute approximate surface area is 139 Å². The third-order valence-corrected chi connectivity index (χ3v) is 4.67. The van der Waals surface area contributed by atoms with Crippen LogP contribution in [0.4, 0.5) is 0 Å². The number of hydrogen-bond acceptors (Lipinski definition) is 4. The molecular weight excluding hydrogens is 300 g/mol. The summed E-state index contributed by atoms with van der Waals surface area (Å²) >= 11 is 6.45. The molecule has 5 nitrogen and oxygen atoms in total. The van der Waals surface area contributed by atoms with Gasteiger partial charge in [-0.3, -0.25) is 9.58 Å². The van der Waals surface area contributed by atoms with E-state index >= 15 is 0 Å². The summed E-state index contributed by atoms with van der Waals surface area (Å²) in [5, 5.41) is 8.80. The first-order valence-corrected chi connectivity index (χ1v) is 8.79. The molecule has 6 heteroatoms. The minimum atomic E-state index is 0.267. The molecule has 126 valence electrons. The van der Waals surface area contributed by atoms with Crippen LogP contribution < -0.4 is 5.32 Å². The lowest BCUT2D eigenvalue weighted by Crippen LogP contribution is -2.46. The normalized spacial score (nSPS) is 19.7. The number of hydrogen-bond donors (Lipinski definition) is 1. The van der Waals surface area contributed by atoms with Crippen molar-refractivity contribution >= 4 is 11.6 Å². The lowest BCUT2D eigenvalue weighted by atomic mass is 10.2. The van der Waals surface area contributed by atoms with E-state index < -0.39 is 0 Å². The number of nitrogens with one attached hydrogen (secondary N) is 1. The maximum absolute atomic E-state index is 6.45. The fourth-order valence-corrected chi connectivity index (χ4v) is 3.12. The predicted octanol–water partition coefficient (Wildman–Crippen LogP) is 2.46. The number of ether oxygens (including phenoxy) is 1. The first-order valence-electron chi connectivity index (χ1n) is 8.42. The molecule has 0 spiro atoms. The molecule has 0 radical (unpaired) electrons. The summed E-state index contributed by atoms with van der Waals surface area (Å²) in [6.07, 6.45) is 2.52. The largest absolute Gasteiger partial charge is 0.374 e. The van der Waals surface area contributed by atoms with Crippen molar-refractivity contribution in [3.8, 4) is 0 Å². The summed E-state index contributed by atoms with van der Waals surface area (Å²) in [4.78, 5) is 2.43. The van der Waals surface area contributed by atoms with Crippen LogP contribution in [0, 0.1) is 6.92 Å². The minimum Gasteiger partial charge on any atom is -0.374 e. The number of aromatic nitrogens is 2. The highest BCUT2D eigenvalue weighted by atomic mass is 35.5. The Hall–Kier alpha value is -0.620. The monoisotopic (exact) mass is 328 g/mol. The highest BCUT2D eigenvalue weighted by Crippen LogP contribution is 2.20. The van der Waals surface area contributed by atoms with Crippen molar-refractivity contribution in [3.05, 3.63) is 16.4 Å². The van der Waals surface area contributed by atoms with E-state index in [1.165, 1.54) is 0 Å². The molecule has 0 amide bonds. The standard InChI is InChI=1S/C16H29ClN4O/c1-4-6-7-21-16(17)15(13(3)19-21)11-18-10-14-12-20(5-2)8-9-22-14/h14,18H,4-12H2,1-3H3/t14-/m0/s1. The molecule has 1 saturated heterocycles. The SMILES string of the molecule is CCCCn1nc(C)c(CNC[C@H]2CN(CC)CCO2)c1Cl. The molecule has 1 fully saturated rings. The van der Waals surface area contributed by atoms with Crippen molar-refractivity contribution in [2.75, 3.05) is 32.8 Å². The molecule has 1 N–H and O–H groups in total. The molecule has 22 heavy (non-hydrogen) atoms. The smallest absolute Gasteiger partial charge is 0.131 e. The van der Waals surface area contributed by atoms with E-state index in [4.69, 9.17) is 16.3 Å². The van der Waals surface area contributed by atoms with Gasteiger partial charge in [-0.15, -0.1) is 0 Å². The molecule has 2 rings (SSSR count). The Morgan fingerprint density at radius 3 is 2.95 bits per heavy atom. The van der Waals surface area contributed by atoms with E-state index in [-0.39, 0.29) is 6.10 Å². The van der Waals surface area contributed by atoms with Crippen molar-refractivity contribution in [3.63, 3.8) is 0 Å². The molecule has 0 aromatic carbocycles. The molecular formula is C16H29ClN4O. The van der Waals surface area contributed by atoms with Gasteiger partial charge in [0.2, 0.25) is 0 Å². The van der Waals surface area contributed by atoms with Gasteiger partial charge in [0.1, 0.15) is 5.15 Å². The van der Waals surface area contributed by atoms with E-state index in [1.807, 2.05) is 11.6 Å². The van der Waals surface area contributed by atoms with Crippen molar-refractivity contribution in [1.29, 1.82) is 0 Å². The van der Waals surface area contributed by atoms with Crippen LogP contribution in [0.25, 0.3) is 0 Å². The molecule has 0 bridgehead atoms. The Morgan fingerprint density at radius 1 is 1.41 bits per heavy atom. The number of likely N-dealkylation sites (N-methyl/N-ethyl adjacent to an activating group) is 1. The second kappa shape index (κ2) is 8.87. The quantitative estimate of drug-likeness (QED) is 0.796. The fraction of sp³-hybridized carbons (Fsp3) is 0.812. The average Bonchev–Trinajstić information content (AvgIpc) is 2.80. The van der Waals surface area contributed by atoms with Crippen LogP contribution in [0.2, 0.25) is 5.15 Å². The molecule has 0 aliphatic carbocycles. The molecule has 2 heterocycles. The van der Waals surface area contributed by atoms with Crippen molar-refractivity contribution in [2.45, 2.75) is 52.8 Å². The highest BCUT2D eigenvalue weighted by Gasteiger charge is 2.19. The minimum absolute atomic E-state index is 0.267. The van der Waals surface area contributed by atoms with E-state index in [2.05, 4.69) is 29.2 Å². The summed E-state index contributed by atoms with van der Waals surface area (Å²) in [7, 11) is 0. The molecule has 0 saturated carbocycles. The fourth-order valence-electron chi connectivity index (χ4n) is 2.80. The van der Waals surface area contributed by atoms with Gasteiger partial charge in [0.25, 0.3) is 0 Å². The van der Waals surface area contributed by atoms with E-state index in [0.29, 0.717) is 0 Å². The van der Waals surface area contributed by atoms with Crippen LogP contribution in [-0.2, 0) is 17.8 Å². The number of aryl methyl sites for hydroxylation is 2. The van der Waals surface area contributed by atoms with E-state index in [9.17, 15) is 0 Å². The molecule has 1 aromatic heterocycles. The number of morpholine rings is 1. The van der Waals surface area contributed by atoms with Crippen LogP contribution in [-0.4, -0.2) is 53.6 Å². The van der Waals surface area contributed by atoms with Gasteiger partial charge in [-0.1, -0.05) is 31.9 Å². The van der Waals surface area contributed by atoms with Crippen molar-refractivity contribution in [2.24, 2.45) is 0 Å². The number of rotatable bonds is 8. The Bertz CT molecular complexity index is 463. The van der Waals surface area contributed by atoms with Crippen LogP contribution in [0.15, 0.2) is 0 Å². The second-order valence-corrected chi connectivity index (χ2v) is 6.31. The molecule has 0 unspecified atom stereocenters. The lowest BCUT2D eigenvalue weighted by molar-refractivity contribution is -0.0253. The van der Waals surface area contributed by atoms with Gasteiger partial charge in [-0.05, 0) is 19.9 Å². The van der Waals surface area contributed by atoms with Crippen LogP contribution in [0.3, 0.4) is 0 Å². The second-order valence-electron chi connectivity index (χ2n) is 5.95. The zero-order valence-electron chi connectivity index (χ0n) is 14.1. The van der Waals surface area contributed by atoms with Gasteiger partial charge >= 0.3 is 0 Å². The van der Waals surface area contributed by atoms with Crippen LogP contribution in [0.1, 0.15) is 37.9 Å². The first kappa shape index (κ1) is 17.7. The molecule has 1 aliphatic rings. The van der Waals surface area contributed by atoms with Gasteiger partial charge in [-0.2, -0.15) is 5.10 Å². The Balaban J connectivity index is 1.82. The molecule has 1 atom stereocenters. The van der Waals surface area contributed by atoms with Gasteiger partial charge in [0, 0.05) is 38.3 Å². The maximum atomic E-state index is 6.45. The molecule has 1 aliphatic heterocycles. The third-order valence-electron chi connectivity index (χ3n) is 4.25. The summed E-state index contributed by atoms with van der Waals surface area (Å²) in [6.45, 7) is 12.9. The van der Waals surface area contributed by atoms with Gasteiger partial charge in [-0.25, -0.2) is 0 Å². The zero-order chi connectivity index (χ0) is 15.9. The number of unbranched alkanes of at least 4 members (excludes halogenated alkanes) is 1. The third kappa shape index (κ3) is 4.69. The van der Waals surface area contributed by atoms with Gasteiger partial charge in [0.15, 0.2) is 0 Å². The topological polar surface area (TPSA) is 42.3 Å². The van der Waals surface area contributed by atoms with Crippen LogP contribution in [0.5, 0.6) is 0 Å². The number of nitrogens with zero attached hydrogens (tertiary/aromatic N) is 3. The Kier molecular flexibility index (Phi) is 7.15. The highest BCUT2D eigenvalue weighted by molar-refractivity contribution is 6.30. The summed E-state index contributed by atoms with van der Waals surface area (Å²) in [6, 6.07) is 0. The summed E-state index contributed by atoms with van der Waals surface area (Å²) < 4.78 is 7.73. The Morgan fingerprint density at radius 2 is 2.23 bits per heavy atom. The van der Waals surface area contributed by atoms with E-state index in [1.54, 1.807) is 0 Å². The van der Waals surface area contributed by atoms with Gasteiger partial charge < -0.3 is 10.1 Å². The number of halogens is 1. The summed E-state index contributed by atoms with van der Waals surface area (Å²) in [5.74, 6) is 0. The first-order chi connectivity index (χ1) is 10.7. The molecule has 1 aromatic rings. The van der Waals surface area contributed by atoms with E-state index in [0.717, 1.165) is 75.1 Å². The average molecular weight is 329 g/mol. The van der Waals surface area contributed by atoms with Gasteiger partial charge in [0.05, 0.1) is 18.4 Å². The van der Waals surface area contributed by atoms with Crippen molar-refractivity contribution in [1.82, 2.24) is 20.0 Å². The van der Waals surface area contributed by atoms with Crippen LogP contribution >= 0.6 is 11.6 Å². The van der Waals surface area contributed by atoms with Crippen molar-refractivity contribution < 1.29 is 4.74 Å². The summed E-state index contributed by atoms with van der Waals surface area (Å²) in [5.41, 5.74) is 2.13. The maximum Gasteiger partial charge on any atom is 0.131 e. The zero-order valence-corrected chi connectivity index (χ0v) is 14.8.